The summed E-state index contributed by atoms with van der Waals surface area (Å²) in [6.45, 7) is 7.04. The van der Waals surface area contributed by atoms with Gasteiger partial charge in [-0.2, -0.15) is 0 Å². The molecule has 0 unspecified atom stereocenters. The number of nitrogens with zero attached hydrogens (tertiary/aromatic N) is 1. The van der Waals surface area contributed by atoms with Gasteiger partial charge in [0.05, 0.1) is 16.6 Å². The lowest BCUT2D eigenvalue weighted by Crippen LogP contribution is -2.37. The van der Waals surface area contributed by atoms with Gasteiger partial charge in [0.15, 0.2) is 0 Å². The fourth-order valence-electron chi connectivity index (χ4n) is 1.83. The van der Waals surface area contributed by atoms with Gasteiger partial charge >= 0.3 is 0 Å². The zero-order chi connectivity index (χ0) is 13.9. The van der Waals surface area contributed by atoms with E-state index in [9.17, 15) is 4.79 Å². The van der Waals surface area contributed by atoms with Gasteiger partial charge in [-0.15, -0.1) is 11.3 Å². The number of carbonyl (C=O) groups is 1. The molecule has 0 aliphatic heterocycles. The summed E-state index contributed by atoms with van der Waals surface area (Å²) in [5.74, 6) is 0.246. The molecular weight excluding hydrogens is 256 g/mol. The Morgan fingerprint density at radius 1 is 1.32 bits per heavy atom. The molecule has 0 radical (unpaired) electrons. The number of benzene rings is 1. The van der Waals surface area contributed by atoms with E-state index in [2.05, 4.69) is 31.1 Å². The van der Waals surface area contributed by atoms with Crippen LogP contribution in [0.5, 0.6) is 0 Å². The molecule has 3 nitrogen and oxygen atoms in total. The first kappa shape index (κ1) is 14.2. The molecule has 0 amide bonds. The highest BCUT2D eigenvalue weighted by Gasteiger charge is 2.11. The van der Waals surface area contributed by atoms with E-state index in [1.807, 2.05) is 24.3 Å². The largest absolute Gasteiger partial charge is 0.312 e. The zero-order valence-electron chi connectivity index (χ0n) is 11.7. The van der Waals surface area contributed by atoms with Crippen LogP contribution >= 0.6 is 11.3 Å². The van der Waals surface area contributed by atoms with E-state index in [0.29, 0.717) is 12.8 Å². The number of hydrogen-bond acceptors (Lipinski definition) is 4. The Morgan fingerprint density at radius 3 is 2.74 bits per heavy atom. The third-order valence-corrected chi connectivity index (χ3v) is 3.78. The SMILES string of the molecule is CC(C)(C)NCCC(=O)Cc1nc2ccccc2s1. The van der Waals surface area contributed by atoms with Crippen molar-refractivity contribution in [3.63, 3.8) is 0 Å². The molecule has 0 atom stereocenters. The maximum absolute atomic E-state index is 11.9. The quantitative estimate of drug-likeness (QED) is 0.912. The molecule has 0 fully saturated rings. The minimum absolute atomic E-state index is 0.0656. The lowest BCUT2D eigenvalue weighted by molar-refractivity contribution is -0.118. The van der Waals surface area contributed by atoms with Crippen molar-refractivity contribution in [2.75, 3.05) is 6.54 Å². The second-order valence-electron chi connectivity index (χ2n) is 5.72. The molecule has 0 aliphatic rings. The van der Waals surface area contributed by atoms with E-state index in [1.54, 1.807) is 11.3 Å². The van der Waals surface area contributed by atoms with Crippen LogP contribution in [0.25, 0.3) is 10.2 Å². The fraction of sp³-hybridized carbons (Fsp3) is 0.467. The number of ketones is 1. The fourth-order valence-corrected chi connectivity index (χ4v) is 2.83. The third kappa shape index (κ3) is 4.40. The maximum Gasteiger partial charge on any atom is 0.140 e. The van der Waals surface area contributed by atoms with Crippen LogP contribution < -0.4 is 5.32 Å². The summed E-state index contributed by atoms with van der Waals surface area (Å²) in [5.41, 5.74) is 1.05. The number of aromatic nitrogens is 1. The summed E-state index contributed by atoms with van der Waals surface area (Å²) in [6.07, 6.45) is 1.01. The molecule has 2 rings (SSSR count). The minimum Gasteiger partial charge on any atom is -0.312 e. The van der Waals surface area contributed by atoms with Crippen molar-refractivity contribution in [3.05, 3.63) is 29.3 Å². The summed E-state index contributed by atoms with van der Waals surface area (Å²) in [4.78, 5) is 16.4. The van der Waals surface area contributed by atoms with Crippen LogP contribution in [-0.2, 0) is 11.2 Å². The van der Waals surface area contributed by atoms with E-state index in [0.717, 1.165) is 21.8 Å². The molecule has 1 aromatic heterocycles. The van der Waals surface area contributed by atoms with Crippen LogP contribution in [0, 0.1) is 0 Å². The van der Waals surface area contributed by atoms with Crippen molar-refractivity contribution < 1.29 is 4.79 Å². The van der Waals surface area contributed by atoms with E-state index < -0.39 is 0 Å². The predicted octanol–water partition coefficient (Wildman–Crippen LogP) is 3.19. The van der Waals surface area contributed by atoms with Gasteiger partial charge in [-0.1, -0.05) is 12.1 Å². The standard InChI is InChI=1S/C15H20N2OS/c1-15(2,3)16-9-8-11(18)10-14-17-12-6-4-5-7-13(12)19-14/h4-7,16H,8-10H2,1-3H3. The van der Waals surface area contributed by atoms with Crippen LogP contribution in [-0.4, -0.2) is 22.9 Å². The lowest BCUT2D eigenvalue weighted by atomic mass is 10.1. The van der Waals surface area contributed by atoms with Gasteiger partial charge < -0.3 is 5.32 Å². The first-order valence-corrected chi connectivity index (χ1v) is 7.37. The predicted molar refractivity (Wildman–Crippen MR) is 80.7 cm³/mol. The Morgan fingerprint density at radius 2 is 2.05 bits per heavy atom. The second-order valence-corrected chi connectivity index (χ2v) is 6.83. The summed E-state index contributed by atoms with van der Waals surface area (Å²) in [7, 11) is 0. The van der Waals surface area contributed by atoms with Crippen molar-refractivity contribution in [3.8, 4) is 0 Å². The first-order chi connectivity index (χ1) is 8.94. The van der Waals surface area contributed by atoms with E-state index in [-0.39, 0.29) is 11.3 Å². The lowest BCUT2D eigenvalue weighted by Gasteiger charge is -2.19. The van der Waals surface area contributed by atoms with E-state index in [4.69, 9.17) is 0 Å². The van der Waals surface area contributed by atoms with Gasteiger partial charge in [-0.05, 0) is 32.9 Å². The van der Waals surface area contributed by atoms with E-state index >= 15 is 0 Å². The van der Waals surface area contributed by atoms with Crippen molar-refractivity contribution in [1.29, 1.82) is 0 Å². The Labute approximate surface area is 118 Å². The molecule has 2 aromatic rings. The highest BCUT2D eigenvalue weighted by molar-refractivity contribution is 7.18. The molecule has 1 N–H and O–H groups in total. The zero-order valence-corrected chi connectivity index (χ0v) is 12.5. The van der Waals surface area contributed by atoms with Gasteiger partial charge in [0, 0.05) is 18.5 Å². The topological polar surface area (TPSA) is 42.0 Å². The number of fused-ring (bicyclic) bond motifs is 1. The minimum atomic E-state index is 0.0656. The monoisotopic (exact) mass is 276 g/mol. The van der Waals surface area contributed by atoms with E-state index in [1.165, 1.54) is 0 Å². The summed E-state index contributed by atoms with van der Waals surface area (Å²) in [5, 5.41) is 4.25. The molecule has 4 heteroatoms. The van der Waals surface area contributed by atoms with Gasteiger partial charge in [0.25, 0.3) is 0 Å². The number of rotatable bonds is 5. The average molecular weight is 276 g/mol. The molecule has 0 aliphatic carbocycles. The molecular formula is C15H20N2OS. The van der Waals surface area contributed by atoms with Crippen molar-refractivity contribution in [1.82, 2.24) is 10.3 Å². The van der Waals surface area contributed by atoms with Crippen LogP contribution in [0.3, 0.4) is 0 Å². The number of nitrogens with one attached hydrogen (secondary N) is 1. The second kappa shape index (κ2) is 5.80. The van der Waals surface area contributed by atoms with Gasteiger partial charge in [0.1, 0.15) is 10.8 Å². The molecule has 0 spiro atoms. The Kier molecular flexibility index (Phi) is 4.32. The Hall–Kier alpha value is -1.26. The van der Waals surface area contributed by atoms with Gasteiger partial charge in [-0.25, -0.2) is 4.98 Å². The molecule has 0 bridgehead atoms. The number of hydrogen-bond donors (Lipinski definition) is 1. The van der Waals surface area contributed by atoms with Crippen molar-refractivity contribution >= 4 is 27.3 Å². The van der Waals surface area contributed by atoms with Crippen molar-refractivity contribution in [2.24, 2.45) is 0 Å². The Bertz CT molecular complexity index is 536. The maximum atomic E-state index is 11.9. The highest BCUT2D eigenvalue weighted by Crippen LogP contribution is 2.22. The van der Waals surface area contributed by atoms with Crippen LogP contribution in [0.1, 0.15) is 32.2 Å². The molecule has 1 heterocycles. The number of para-hydroxylation sites is 1. The van der Waals surface area contributed by atoms with Gasteiger partial charge in [0.2, 0.25) is 0 Å². The summed E-state index contributed by atoms with van der Waals surface area (Å²) >= 11 is 1.61. The first-order valence-electron chi connectivity index (χ1n) is 6.55. The Balaban J connectivity index is 1.88. The summed E-state index contributed by atoms with van der Waals surface area (Å²) < 4.78 is 1.15. The summed E-state index contributed by atoms with van der Waals surface area (Å²) in [6, 6.07) is 8.00. The number of carbonyl (C=O) groups excluding carboxylic acids is 1. The molecule has 1 aromatic carbocycles. The normalized spacial score (nSPS) is 11.9. The molecule has 19 heavy (non-hydrogen) atoms. The van der Waals surface area contributed by atoms with Crippen LogP contribution in [0.4, 0.5) is 0 Å². The number of Topliss-reactive ketones (excluding diaryl/α,β-unsaturated/α-hetero) is 1. The van der Waals surface area contributed by atoms with Crippen LogP contribution in [0.15, 0.2) is 24.3 Å². The number of thiazole rings is 1. The highest BCUT2D eigenvalue weighted by atomic mass is 32.1. The molecule has 0 saturated heterocycles. The van der Waals surface area contributed by atoms with Crippen LogP contribution in [0.2, 0.25) is 0 Å². The smallest absolute Gasteiger partial charge is 0.140 e. The molecule has 102 valence electrons. The van der Waals surface area contributed by atoms with Gasteiger partial charge in [-0.3, -0.25) is 4.79 Å². The average Bonchev–Trinajstić information content (AvgIpc) is 2.68. The van der Waals surface area contributed by atoms with Crippen molar-refractivity contribution in [2.45, 2.75) is 39.2 Å². The third-order valence-electron chi connectivity index (χ3n) is 2.75. The molecule has 0 saturated carbocycles.